The fourth-order valence-corrected chi connectivity index (χ4v) is 6.61. The van der Waals surface area contributed by atoms with Crippen molar-refractivity contribution in [3.8, 4) is 22.9 Å². The molecule has 1 saturated carbocycles. The Morgan fingerprint density at radius 2 is 1.28 bits per heavy atom. The van der Waals surface area contributed by atoms with Gasteiger partial charge in [-0.1, -0.05) is 67.1 Å². The van der Waals surface area contributed by atoms with E-state index in [2.05, 4.69) is 32.6 Å². The molecular formula is C38H43F6IN2O6. The van der Waals surface area contributed by atoms with Crippen molar-refractivity contribution < 1.29 is 54.6 Å². The zero-order valence-electron chi connectivity index (χ0n) is 29.9. The van der Waals surface area contributed by atoms with E-state index in [9.17, 15) is 36.2 Å². The molecule has 4 aromatic rings. The lowest BCUT2D eigenvalue weighted by molar-refractivity contribution is -0.163. The minimum Gasteiger partial charge on any atom is -0.479 e. The number of carboxylic acid groups (broad SMARTS) is 1. The Bertz CT molecular complexity index is 1780. The Labute approximate surface area is 317 Å². The second-order valence-electron chi connectivity index (χ2n) is 13.2. The lowest BCUT2D eigenvalue weighted by atomic mass is 9.82. The predicted molar refractivity (Wildman–Crippen MR) is 193 cm³/mol. The number of benzene rings is 2. The van der Waals surface area contributed by atoms with Gasteiger partial charge in [0.1, 0.15) is 17.2 Å². The first-order valence-corrected chi connectivity index (χ1v) is 18.8. The van der Waals surface area contributed by atoms with Crippen LogP contribution in [0.1, 0.15) is 87.4 Å². The van der Waals surface area contributed by atoms with Crippen LogP contribution in [-0.2, 0) is 50.5 Å². The molecule has 1 aliphatic rings. The van der Waals surface area contributed by atoms with Gasteiger partial charge in [-0.05, 0) is 69.2 Å². The third-order valence-corrected chi connectivity index (χ3v) is 9.65. The van der Waals surface area contributed by atoms with Crippen LogP contribution in [0, 0.1) is 11.8 Å². The van der Waals surface area contributed by atoms with Gasteiger partial charge in [0, 0.05) is 35.0 Å². The van der Waals surface area contributed by atoms with Gasteiger partial charge in [-0.2, -0.15) is 26.3 Å². The molecule has 0 unspecified atom stereocenters. The van der Waals surface area contributed by atoms with Crippen LogP contribution >= 0.6 is 22.6 Å². The van der Waals surface area contributed by atoms with Crippen LogP contribution < -0.4 is 0 Å². The molecule has 2 atom stereocenters. The summed E-state index contributed by atoms with van der Waals surface area (Å²) in [5.41, 5.74) is -1.61. The van der Waals surface area contributed by atoms with Crippen molar-refractivity contribution in [3.05, 3.63) is 82.6 Å². The van der Waals surface area contributed by atoms with Crippen molar-refractivity contribution in [2.45, 2.75) is 95.2 Å². The van der Waals surface area contributed by atoms with Crippen LogP contribution in [0.25, 0.3) is 22.9 Å². The van der Waals surface area contributed by atoms with Gasteiger partial charge in [0.25, 0.3) is 0 Å². The van der Waals surface area contributed by atoms with Crippen LogP contribution in [0.15, 0.2) is 57.4 Å². The van der Waals surface area contributed by atoms with E-state index in [0.717, 1.165) is 37.8 Å². The van der Waals surface area contributed by atoms with Crippen LogP contribution in [0.3, 0.4) is 0 Å². The molecule has 2 heterocycles. The summed E-state index contributed by atoms with van der Waals surface area (Å²) in [5, 5.41) is 9.20. The first-order chi connectivity index (χ1) is 25.0. The first kappa shape index (κ1) is 42.3. The number of nitrogens with zero attached hydrogens (tertiary/aromatic N) is 2. The van der Waals surface area contributed by atoms with Crippen LogP contribution in [0.5, 0.6) is 0 Å². The lowest BCUT2D eigenvalue weighted by Crippen LogP contribution is -2.37. The first-order valence-electron chi connectivity index (χ1n) is 17.3. The molecule has 5 rings (SSSR count). The van der Waals surface area contributed by atoms with Crippen molar-refractivity contribution in [1.82, 2.24) is 9.97 Å². The number of aromatic nitrogens is 2. The highest BCUT2D eigenvalue weighted by Crippen LogP contribution is 2.39. The standard InChI is InChI=1S/C25H32F3NO5.C13H11F3INO/c1-4-21-20(29-22(34-21)18-10-5-6-11-19(18)25(26,27)28)15-32-13-16-8-7-9-17(12-16)14-33-24(2,3)23(30)31;1-2-11-10(7-17)18-12(19-11)8-5-3-4-6-9(8)13(14,15)16/h5-6,10-11,16-17H,4,7-9,12-15H2,1-3H3,(H,30,31);3-6H,2,7H2,1H3/t16-,17+;/m1./s1. The molecule has 0 aliphatic heterocycles. The maximum absolute atomic E-state index is 13.4. The molecular weight excluding hydrogens is 821 g/mol. The quantitative estimate of drug-likeness (QED) is 0.0804. The van der Waals surface area contributed by atoms with Gasteiger partial charge in [-0.3, -0.25) is 0 Å². The largest absolute Gasteiger partial charge is 0.479 e. The molecule has 1 N–H and O–H groups in total. The molecule has 1 aliphatic carbocycles. The van der Waals surface area contributed by atoms with E-state index in [1.807, 2.05) is 13.8 Å². The Kier molecular flexibility index (Phi) is 14.6. The minimum absolute atomic E-state index is 0.0131. The van der Waals surface area contributed by atoms with E-state index in [0.29, 0.717) is 59.3 Å². The SMILES string of the molecule is CCc1oc(-c2ccccc2C(F)(F)F)nc1CI.CCc1oc(-c2ccccc2C(F)(F)F)nc1COC[C@@H]1CCC[C@H](COC(C)(C)C(=O)O)C1. The van der Waals surface area contributed by atoms with Crippen molar-refractivity contribution in [3.63, 3.8) is 0 Å². The third-order valence-electron chi connectivity index (χ3n) is 8.93. The summed E-state index contributed by atoms with van der Waals surface area (Å²) in [4.78, 5) is 19.7. The van der Waals surface area contributed by atoms with E-state index in [1.54, 1.807) is 19.9 Å². The second-order valence-corrected chi connectivity index (χ2v) is 14.0. The normalized spacial score (nSPS) is 16.7. The molecule has 290 valence electrons. The Balaban J connectivity index is 0.000000278. The zero-order chi connectivity index (χ0) is 39.0. The van der Waals surface area contributed by atoms with Gasteiger partial charge >= 0.3 is 18.3 Å². The number of rotatable bonds is 13. The number of oxazole rings is 2. The molecule has 0 bridgehead atoms. The number of ether oxygens (including phenoxy) is 2. The Hall–Kier alpha value is -3.44. The van der Waals surface area contributed by atoms with Gasteiger partial charge in [0.2, 0.25) is 11.8 Å². The summed E-state index contributed by atoms with van der Waals surface area (Å²) in [6.07, 6.45) is -3.95. The minimum atomic E-state index is -4.50. The molecule has 53 heavy (non-hydrogen) atoms. The summed E-state index contributed by atoms with van der Waals surface area (Å²) < 4.78 is 102. The van der Waals surface area contributed by atoms with Crippen molar-refractivity contribution in [1.29, 1.82) is 0 Å². The molecule has 8 nitrogen and oxygen atoms in total. The number of aliphatic carboxylic acids is 1. The van der Waals surface area contributed by atoms with Gasteiger partial charge in [-0.25, -0.2) is 14.8 Å². The third kappa shape index (κ3) is 11.3. The number of aryl methyl sites for hydroxylation is 2. The number of carboxylic acids is 1. The summed E-state index contributed by atoms with van der Waals surface area (Å²) in [6, 6.07) is 10.6. The van der Waals surface area contributed by atoms with Crippen LogP contribution in [-0.4, -0.2) is 39.9 Å². The monoisotopic (exact) mass is 864 g/mol. The summed E-state index contributed by atoms with van der Waals surface area (Å²) >= 11 is 2.12. The highest BCUT2D eigenvalue weighted by atomic mass is 127. The highest BCUT2D eigenvalue weighted by Gasteiger charge is 2.36. The number of alkyl halides is 7. The number of hydrogen-bond acceptors (Lipinski definition) is 7. The summed E-state index contributed by atoms with van der Waals surface area (Å²) in [6.45, 7) is 7.87. The highest BCUT2D eigenvalue weighted by molar-refractivity contribution is 14.1. The van der Waals surface area contributed by atoms with E-state index in [1.165, 1.54) is 30.3 Å². The molecule has 0 amide bonds. The Morgan fingerprint density at radius 3 is 1.74 bits per heavy atom. The van der Waals surface area contributed by atoms with E-state index in [-0.39, 0.29) is 35.4 Å². The van der Waals surface area contributed by atoms with Gasteiger partial charge in [-0.15, -0.1) is 0 Å². The molecule has 0 saturated heterocycles. The smallest absolute Gasteiger partial charge is 0.417 e. The summed E-state index contributed by atoms with van der Waals surface area (Å²) in [5.74, 6) is 0.720. The number of carbonyl (C=O) groups is 1. The average Bonchev–Trinajstić information content (AvgIpc) is 3.74. The molecule has 2 aromatic carbocycles. The molecule has 2 aromatic heterocycles. The fraction of sp³-hybridized carbons (Fsp3) is 0.500. The van der Waals surface area contributed by atoms with Gasteiger partial charge < -0.3 is 23.4 Å². The second kappa shape index (κ2) is 18.3. The molecule has 0 spiro atoms. The van der Waals surface area contributed by atoms with Crippen LogP contribution in [0.4, 0.5) is 26.3 Å². The van der Waals surface area contributed by atoms with E-state index >= 15 is 0 Å². The van der Waals surface area contributed by atoms with Gasteiger partial charge in [0.05, 0.1) is 30.0 Å². The average molecular weight is 865 g/mol. The van der Waals surface area contributed by atoms with E-state index < -0.39 is 35.0 Å². The summed E-state index contributed by atoms with van der Waals surface area (Å²) in [7, 11) is 0. The number of halogens is 7. The fourth-order valence-electron chi connectivity index (χ4n) is 6.02. The predicted octanol–water partition coefficient (Wildman–Crippen LogP) is 11.0. The maximum atomic E-state index is 13.4. The maximum Gasteiger partial charge on any atom is 0.417 e. The molecule has 1 fully saturated rings. The lowest BCUT2D eigenvalue weighted by Gasteiger charge is -2.31. The zero-order valence-corrected chi connectivity index (χ0v) is 32.0. The topological polar surface area (TPSA) is 108 Å². The van der Waals surface area contributed by atoms with E-state index in [4.69, 9.17) is 18.3 Å². The van der Waals surface area contributed by atoms with Crippen LogP contribution in [0.2, 0.25) is 0 Å². The number of hydrogen-bond donors (Lipinski definition) is 1. The molecule has 15 heteroatoms. The molecule has 0 radical (unpaired) electrons. The van der Waals surface area contributed by atoms with Crippen molar-refractivity contribution >= 4 is 28.6 Å². The van der Waals surface area contributed by atoms with Gasteiger partial charge in [0.15, 0.2) is 5.60 Å². The van der Waals surface area contributed by atoms with Crippen molar-refractivity contribution in [2.75, 3.05) is 13.2 Å². The Morgan fingerprint density at radius 1 is 0.811 bits per heavy atom. The van der Waals surface area contributed by atoms with Crippen molar-refractivity contribution in [2.24, 2.45) is 11.8 Å².